The molecular formula is C11H11FN2O. The quantitative estimate of drug-likeness (QED) is 0.769. The fourth-order valence-electron chi connectivity index (χ4n) is 1.32. The molecule has 0 amide bonds. The summed E-state index contributed by atoms with van der Waals surface area (Å²) in [7, 11) is 1.62. The number of methoxy groups -OCH3 is 1. The van der Waals surface area contributed by atoms with Gasteiger partial charge in [0.1, 0.15) is 5.82 Å². The first-order chi connectivity index (χ1) is 7.29. The summed E-state index contributed by atoms with van der Waals surface area (Å²) < 4.78 is 19.3. The van der Waals surface area contributed by atoms with E-state index in [2.05, 4.69) is 5.10 Å². The Balaban J connectivity index is 2.25. The fraction of sp³-hybridized carbons (Fsp3) is 0.182. The van der Waals surface area contributed by atoms with E-state index in [1.54, 1.807) is 23.9 Å². The maximum atomic E-state index is 12.7. The van der Waals surface area contributed by atoms with E-state index in [1.807, 2.05) is 12.3 Å². The molecule has 0 aliphatic rings. The third-order valence-electron chi connectivity index (χ3n) is 2.03. The summed E-state index contributed by atoms with van der Waals surface area (Å²) in [5.41, 5.74) is 1.68. The van der Waals surface area contributed by atoms with E-state index in [-0.39, 0.29) is 5.82 Å². The number of hydrogen-bond donors (Lipinski definition) is 0. The van der Waals surface area contributed by atoms with Gasteiger partial charge in [-0.25, -0.2) is 9.07 Å². The Hall–Kier alpha value is -1.68. The normalized spacial score (nSPS) is 10.5. The Morgan fingerprint density at radius 2 is 2.00 bits per heavy atom. The molecule has 0 N–H and O–H groups in total. The van der Waals surface area contributed by atoms with E-state index in [1.165, 1.54) is 12.1 Å². The summed E-state index contributed by atoms with van der Waals surface area (Å²) in [4.78, 5) is 0. The molecule has 0 radical (unpaired) electrons. The molecule has 1 aromatic carbocycles. The standard InChI is InChI=1S/C11H11FN2O/c1-15-8-10-6-7-14(13-10)11-4-2-9(12)3-5-11/h2-7H,8H2,1H3. The van der Waals surface area contributed by atoms with E-state index in [0.717, 1.165) is 11.4 Å². The molecule has 0 saturated carbocycles. The van der Waals surface area contributed by atoms with E-state index in [4.69, 9.17) is 4.74 Å². The zero-order chi connectivity index (χ0) is 10.7. The van der Waals surface area contributed by atoms with Crippen LogP contribution in [0, 0.1) is 5.82 Å². The molecule has 1 heterocycles. The van der Waals surface area contributed by atoms with E-state index < -0.39 is 0 Å². The van der Waals surface area contributed by atoms with Crippen LogP contribution in [-0.4, -0.2) is 16.9 Å². The van der Waals surface area contributed by atoms with Crippen LogP contribution in [-0.2, 0) is 11.3 Å². The average Bonchev–Trinajstić information content (AvgIpc) is 2.68. The zero-order valence-corrected chi connectivity index (χ0v) is 8.35. The number of ether oxygens (including phenoxy) is 1. The van der Waals surface area contributed by atoms with Crippen LogP contribution in [0.15, 0.2) is 36.5 Å². The van der Waals surface area contributed by atoms with Gasteiger partial charge in [-0.15, -0.1) is 0 Å². The smallest absolute Gasteiger partial charge is 0.123 e. The Morgan fingerprint density at radius 3 is 2.67 bits per heavy atom. The van der Waals surface area contributed by atoms with Crippen LogP contribution in [0.25, 0.3) is 5.69 Å². The lowest BCUT2D eigenvalue weighted by Gasteiger charge is -2.00. The molecule has 0 atom stereocenters. The van der Waals surface area contributed by atoms with Crippen LogP contribution in [0.3, 0.4) is 0 Å². The fourth-order valence-corrected chi connectivity index (χ4v) is 1.32. The van der Waals surface area contributed by atoms with Crippen molar-refractivity contribution >= 4 is 0 Å². The summed E-state index contributed by atoms with van der Waals surface area (Å²) in [5, 5.41) is 4.27. The van der Waals surface area contributed by atoms with Crippen molar-refractivity contribution in [3.05, 3.63) is 48.0 Å². The Morgan fingerprint density at radius 1 is 1.27 bits per heavy atom. The number of rotatable bonds is 3. The third-order valence-corrected chi connectivity index (χ3v) is 2.03. The molecule has 0 fully saturated rings. The minimum atomic E-state index is -0.247. The lowest BCUT2D eigenvalue weighted by atomic mass is 10.3. The minimum absolute atomic E-state index is 0.247. The van der Waals surface area contributed by atoms with Gasteiger partial charge in [0.15, 0.2) is 0 Å². The molecule has 4 heteroatoms. The Labute approximate surface area is 87.1 Å². The largest absolute Gasteiger partial charge is 0.378 e. The second kappa shape index (κ2) is 4.23. The first kappa shape index (κ1) is 9.86. The van der Waals surface area contributed by atoms with Gasteiger partial charge in [0.2, 0.25) is 0 Å². The lowest BCUT2D eigenvalue weighted by molar-refractivity contribution is 0.181. The summed E-state index contributed by atoms with van der Waals surface area (Å²) in [5.74, 6) is -0.247. The molecule has 15 heavy (non-hydrogen) atoms. The van der Waals surface area contributed by atoms with Crippen LogP contribution in [0.2, 0.25) is 0 Å². The molecule has 0 aliphatic carbocycles. The first-order valence-electron chi connectivity index (χ1n) is 4.59. The van der Waals surface area contributed by atoms with E-state index in [9.17, 15) is 4.39 Å². The maximum Gasteiger partial charge on any atom is 0.123 e. The van der Waals surface area contributed by atoms with E-state index >= 15 is 0 Å². The van der Waals surface area contributed by atoms with Crippen molar-refractivity contribution in [1.82, 2.24) is 9.78 Å². The van der Waals surface area contributed by atoms with Crippen molar-refractivity contribution in [3.63, 3.8) is 0 Å². The number of nitrogens with zero attached hydrogens (tertiary/aromatic N) is 2. The maximum absolute atomic E-state index is 12.7. The summed E-state index contributed by atoms with van der Waals surface area (Å²) in [6.07, 6.45) is 1.82. The van der Waals surface area contributed by atoms with Crippen molar-refractivity contribution in [2.75, 3.05) is 7.11 Å². The van der Waals surface area contributed by atoms with Gasteiger partial charge >= 0.3 is 0 Å². The van der Waals surface area contributed by atoms with Crippen LogP contribution in [0.1, 0.15) is 5.69 Å². The van der Waals surface area contributed by atoms with Gasteiger partial charge in [0.25, 0.3) is 0 Å². The highest BCUT2D eigenvalue weighted by molar-refractivity contribution is 5.30. The summed E-state index contributed by atoms with van der Waals surface area (Å²) in [6, 6.07) is 8.05. The van der Waals surface area contributed by atoms with Gasteiger partial charge in [-0.2, -0.15) is 5.10 Å². The van der Waals surface area contributed by atoms with Gasteiger partial charge in [-0.1, -0.05) is 0 Å². The molecule has 0 bridgehead atoms. The molecule has 0 spiro atoms. The molecule has 2 aromatic rings. The molecular weight excluding hydrogens is 195 g/mol. The summed E-state index contributed by atoms with van der Waals surface area (Å²) in [6.45, 7) is 0.480. The highest BCUT2D eigenvalue weighted by Gasteiger charge is 2.00. The molecule has 2 rings (SSSR count). The highest BCUT2D eigenvalue weighted by atomic mass is 19.1. The monoisotopic (exact) mass is 206 g/mol. The lowest BCUT2D eigenvalue weighted by Crippen LogP contribution is -1.96. The van der Waals surface area contributed by atoms with E-state index in [0.29, 0.717) is 6.61 Å². The number of halogens is 1. The van der Waals surface area contributed by atoms with Gasteiger partial charge in [0, 0.05) is 13.3 Å². The number of benzene rings is 1. The van der Waals surface area contributed by atoms with Gasteiger partial charge in [-0.05, 0) is 30.3 Å². The Kier molecular flexibility index (Phi) is 2.78. The SMILES string of the molecule is COCc1ccn(-c2ccc(F)cc2)n1. The van der Waals surface area contributed by atoms with Crippen molar-refractivity contribution in [1.29, 1.82) is 0 Å². The van der Waals surface area contributed by atoms with Gasteiger partial charge < -0.3 is 4.74 Å². The van der Waals surface area contributed by atoms with Crippen molar-refractivity contribution in [2.24, 2.45) is 0 Å². The molecule has 0 saturated heterocycles. The van der Waals surface area contributed by atoms with Crippen LogP contribution < -0.4 is 0 Å². The van der Waals surface area contributed by atoms with Crippen molar-refractivity contribution in [2.45, 2.75) is 6.61 Å². The van der Waals surface area contributed by atoms with Crippen molar-refractivity contribution in [3.8, 4) is 5.69 Å². The van der Waals surface area contributed by atoms with Gasteiger partial charge in [-0.3, -0.25) is 0 Å². The molecule has 78 valence electrons. The first-order valence-corrected chi connectivity index (χ1v) is 4.59. The second-order valence-corrected chi connectivity index (χ2v) is 3.16. The number of aromatic nitrogens is 2. The predicted molar refractivity (Wildman–Crippen MR) is 54.2 cm³/mol. The van der Waals surface area contributed by atoms with Crippen LogP contribution >= 0.6 is 0 Å². The van der Waals surface area contributed by atoms with Gasteiger partial charge in [0.05, 0.1) is 18.0 Å². The Bertz CT molecular complexity index is 436. The van der Waals surface area contributed by atoms with Crippen LogP contribution in [0.4, 0.5) is 4.39 Å². The molecule has 0 aliphatic heterocycles. The highest BCUT2D eigenvalue weighted by Crippen LogP contribution is 2.09. The topological polar surface area (TPSA) is 27.1 Å². The second-order valence-electron chi connectivity index (χ2n) is 3.16. The zero-order valence-electron chi connectivity index (χ0n) is 8.35. The average molecular weight is 206 g/mol. The number of hydrogen-bond acceptors (Lipinski definition) is 2. The summed E-state index contributed by atoms with van der Waals surface area (Å²) >= 11 is 0. The minimum Gasteiger partial charge on any atom is -0.378 e. The molecule has 1 aromatic heterocycles. The van der Waals surface area contributed by atoms with Crippen molar-refractivity contribution < 1.29 is 9.13 Å². The predicted octanol–water partition coefficient (Wildman–Crippen LogP) is 2.16. The van der Waals surface area contributed by atoms with Crippen LogP contribution in [0.5, 0.6) is 0 Å². The molecule has 3 nitrogen and oxygen atoms in total. The molecule has 0 unspecified atom stereocenters. The third kappa shape index (κ3) is 2.22.